The highest BCUT2D eigenvalue weighted by molar-refractivity contribution is 6.66. The van der Waals surface area contributed by atoms with Crippen LogP contribution >= 0.6 is 11.6 Å². The van der Waals surface area contributed by atoms with Crippen LogP contribution in [-0.2, 0) is 4.79 Å². The second-order valence-corrected chi connectivity index (χ2v) is 3.66. The minimum Gasteiger partial charge on any atom is -0.481 e. The molecule has 86 valence electrons. The molecular formula is C11H12ClNO3. The van der Waals surface area contributed by atoms with Gasteiger partial charge in [-0.15, -0.1) is 0 Å². The Bertz CT molecular complexity index is 406. The molecule has 0 aliphatic heterocycles. The van der Waals surface area contributed by atoms with Crippen molar-refractivity contribution < 1.29 is 14.7 Å². The lowest BCUT2D eigenvalue weighted by Gasteiger charge is -2.20. The van der Waals surface area contributed by atoms with Crippen LogP contribution in [0.1, 0.15) is 12.0 Å². The molecule has 1 rings (SSSR count). The van der Waals surface area contributed by atoms with E-state index in [2.05, 4.69) is 0 Å². The number of hydrogen-bond donors (Lipinski definition) is 1. The third-order valence-corrected chi connectivity index (χ3v) is 2.37. The van der Waals surface area contributed by atoms with Gasteiger partial charge in [0, 0.05) is 12.2 Å². The van der Waals surface area contributed by atoms with E-state index in [1.807, 2.05) is 19.1 Å². The molecule has 5 heteroatoms. The van der Waals surface area contributed by atoms with Crippen molar-refractivity contribution in [3.63, 3.8) is 0 Å². The van der Waals surface area contributed by atoms with Gasteiger partial charge in [0.15, 0.2) is 0 Å². The molecule has 0 aromatic heterocycles. The number of hydrogen-bond acceptors (Lipinski definition) is 2. The Morgan fingerprint density at radius 3 is 2.50 bits per heavy atom. The Hall–Kier alpha value is -1.55. The molecule has 0 bridgehead atoms. The van der Waals surface area contributed by atoms with E-state index in [9.17, 15) is 9.59 Å². The number of anilines is 1. The van der Waals surface area contributed by atoms with Gasteiger partial charge in [-0.1, -0.05) is 18.2 Å². The fourth-order valence-electron chi connectivity index (χ4n) is 1.38. The molecule has 4 nitrogen and oxygen atoms in total. The van der Waals surface area contributed by atoms with Crippen LogP contribution < -0.4 is 4.90 Å². The molecule has 0 aliphatic rings. The molecule has 1 aromatic rings. The normalized spacial score (nSPS) is 9.88. The number of aryl methyl sites for hydroxylation is 1. The third-order valence-electron chi connectivity index (χ3n) is 2.17. The average molecular weight is 242 g/mol. The van der Waals surface area contributed by atoms with E-state index in [0.29, 0.717) is 5.69 Å². The SMILES string of the molecule is Cc1ccccc1N(CCC(=O)O)C(=O)Cl. The number of amides is 1. The van der Waals surface area contributed by atoms with Crippen molar-refractivity contribution in [1.82, 2.24) is 0 Å². The first-order valence-electron chi connectivity index (χ1n) is 4.77. The van der Waals surface area contributed by atoms with Crippen LogP contribution in [0.25, 0.3) is 0 Å². The van der Waals surface area contributed by atoms with Gasteiger partial charge in [0.2, 0.25) is 0 Å². The lowest BCUT2D eigenvalue weighted by Crippen LogP contribution is -2.29. The highest BCUT2D eigenvalue weighted by Gasteiger charge is 2.15. The number of rotatable bonds is 4. The Morgan fingerprint density at radius 1 is 1.38 bits per heavy atom. The number of carboxylic acid groups (broad SMARTS) is 1. The molecule has 0 unspecified atom stereocenters. The van der Waals surface area contributed by atoms with E-state index >= 15 is 0 Å². The molecule has 0 aliphatic carbocycles. The maximum absolute atomic E-state index is 11.2. The predicted molar refractivity (Wildman–Crippen MR) is 62.0 cm³/mol. The average Bonchev–Trinajstić information content (AvgIpc) is 2.20. The summed E-state index contributed by atoms with van der Waals surface area (Å²) in [4.78, 5) is 22.9. The Balaban J connectivity index is 2.90. The molecule has 1 aromatic carbocycles. The lowest BCUT2D eigenvalue weighted by atomic mass is 10.2. The fraction of sp³-hybridized carbons (Fsp3) is 0.273. The lowest BCUT2D eigenvalue weighted by molar-refractivity contribution is -0.136. The van der Waals surface area contributed by atoms with Gasteiger partial charge >= 0.3 is 11.3 Å². The van der Waals surface area contributed by atoms with Gasteiger partial charge in [0.25, 0.3) is 0 Å². The number of benzene rings is 1. The number of carbonyl (C=O) groups is 2. The van der Waals surface area contributed by atoms with Crippen LogP contribution in [0.3, 0.4) is 0 Å². The second kappa shape index (κ2) is 5.51. The van der Waals surface area contributed by atoms with Gasteiger partial charge in [0.05, 0.1) is 6.42 Å². The summed E-state index contributed by atoms with van der Waals surface area (Å²) in [5, 5.41) is 7.91. The minimum absolute atomic E-state index is 0.0719. The molecule has 16 heavy (non-hydrogen) atoms. The van der Waals surface area contributed by atoms with Crippen molar-refractivity contribution in [1.29, 1.82) is 0 Å². The predicted octanol–water partition coefficient (Wildman–Crippen LogP) is 2.63. The van der Waals surface area contributed by atoms with Crippen molar-refractivity contribution in [2.45, 2.75) is 13.3 Å². The second-order valence-electron chi connectivity index (χ2n) is 3.33. The Labute approximate surface area is 98.4 Å². The number of halogens is 1. The van der Waals surface area contributed by atoms with Gasteiger partial charge in [-0.3, -0.25) is 14.5 Å². The quantitative estimate of drug-likeness (QED) is 0.651. The smallest absolute Gasteiger partial charge is 0.320 e. The molecule has 1 N–H and O–H groups in total. The topological polar surface area (TPSA) is 57.6 Å². The van der Waals surface area contributed by atoms with E-state index in [1.54, 1.807) is 12.1 Å². The Kier molecular flexibility index (Phi) is 4.31. The maximum Gasteiger partial charge on any atom is 0.320 e. The van der Waals surface area contributed by atoms with E-state index in [4.69, 9.17) is 16.7 Å². The van der Waals surface area contributed by atoms with Crippen LogP contribution in [0.15, 0.2) is 24.3 Å². The number of carbonyl (C=O) groups excluding carboxylic acids is 1. The van der Waals surface area contributed by atoms with E-state index in [0.717, 1.165) is 5.56 Å². The molecule has 1 amide bonds. The molecule has 0 saturated carbocycles. The molecule has 0 heterocycles. The van der Waals surface area contributed by atoms with E-state index < -0.39 is 11.3 Å². The maximum atomic E-state index is 11.2. The first kappa shape index (κ1) is 12.5. The van der Waals surface area contributed by atoms with E-state index in [-0.39, 0.29) is 13.0 Å². The molecular weight excluding hydrogens is 230 g/mol. The fourth-order valence-corrected chi connectivity index (χ4v) is 1.55. The van der Waals surface area contributed by atoms with Crippen LogP contribution in [0.4, 0.5) is 10.5 Å². The van der Waals surface area contributed by atoms with Gasteiger partial charge in [-0.05, 0) is 30.2 Å². The first-order chi connectivity index (χ1) is 7.52. The number of aliphatic carboxylic acids is 1. The summed E-state index contributed by atoms with van der Waals surface area (Å²) in [6, 6.07) is 7.18. The highest BCUT2D eigenvalue weighted by Crippen LogP contribution is 2.21. The number of nitrogens with zero attached hydrogens (tertiary/aromatic N) is 1. The van der Waals surface area contributed by atoms with Gasteiger partial charge in [0.1, 0.15) is 0 Å². The molecule has 0 saturated heterocycles. The summed E-state index contributed by atoms with van der Waals surface area (Å²) in [5.74, 6) is -0.962. The first-order valence-corrected chi connectivity index (χ1v) is 5.14. The van der Waals surface area contributed by atoms with Crippen LogP contribution in [0, 0.1) is 6.92 Å². The van der Waals surface area contributed by atoms with Crippen molar-refractivity contribution in [3.05, 3.63) is 29.8 Å². The van der Waals surface area contributed by atoms with Gasteiger partial charge in [-0.2, -0.15) is 0 Å². The standard InChI is InChI=1S/C11H12ClNO3/c1-8-4-2-3-5-9(8)13(11(12)16)7-6-10(14)15/h2-5H,6-7H2,1H3,(H,14,15). The van der Waals surface area contributed by atoms with Crippen LogP contribution in [-0.4, -0.2) is 23.0 Å². The zero-order chi connectivity index (χ0) is 12.1. The Morgan fingerprint density at radius 2 is 2.00 bits per heavy atom. The van der Waals surface area contributed by atoms with E-state index in [1.165, 1.54) is 4.90 Å². The van der Waals surface area contributed by atoms with Crippen molar-refractivity contribution in [2.75, 3.05) is 11.4 Å². The molecule has 0 radical (unpaired) electrons. The summed E-state index contributed by atoms with van der Waals surface area (Å²) < 4.78 is 0. The molecule has 0 atom stereocenters. The summed E-state index contributed by atoms with van der Waals surface area (Å²) in [5.41, 5.74) is 1.52. The summed E-state index contributed by atoms with van der Waals surface area (Å²) in [6.07, 6.45) is -0.132. The molecule has 0 fully saturated rings. The van der Waals surface area contributed by atoms with Gasteiger partial charge in [-0.25, -0.2) is 0 Å². The van der Waals surface area contributed by atoms with Crippen LogP contribution in [0.5, 0.6) is 0 Å². The zero-order valence-corrected chi connectivity index (χ0v) is 9.57. The largest absolute Gasteiger partial charge is 0.481 e. The van der Waals surface area contributed by atoms with Crippen LogP contribution in [0.2, 0.25) is 0 Å². The number of para-hydroxylation sites is 1. The third kappa shape index (κ3) is 3.24. The van der Waals surface area contributed by atoms with Crippen molar-refractivity contribution in [2.24, 2.45) is 0 Å². The highest BCUT2D eigenvalue weighted by atomic mass is 35.5. The minimum atomic E-state index is -0.962. The molecule has 0 spiro atoms. The zero-order valence-electron chi connectivity index (χ0n) is 8.81. The summed E-state index contributed by atoms with van der Waals surface area (Å²) in [6.45, 7) is 1.91. The monoisotopic (exact) mass is 241 g/mol. The van der Waals surface area contributed by atoms with Gasteiger partial charge < -0.3 is 5.11 Å². The number of carboxylic acids is 1. The van der Waals surface area contributed by atoms with Crippen molar-refractivity contribution in [3.8, 4) is 0 Å². The summed E-state index contributed by atoms with van der Waals surface area (Å²) >= 11 is 5.43. The summed E-state index contributed by atoms with van der Waals surface area (Å²) in [7, 11) is 0. The van der Waals surface area contributed by atoms with Crippen molar-refractivity contribution >= 4 is 28.6 Å².